The van der Waals surface area contributed by atoms with Gasteiger partial charge >= 0.3 is 0 Å². The van der Waals surface area contributed by atoms with Gasteiger partial charge in [-0.3, -0.25) is 0 Å². The lowest BCUT2D eigenvalue weighted by Gasteiger charge is -2.34. The maximum atomic E-state index is 5.67. The number of benzene rings is 1. The van der Waals surface area contributed by atoms with E-state index >= 15 is 0 Å². The van der Waals surface area contributed by atoms with Crippen LogP contribution in [0.15, 0.2) is 30.3 Å². The molecular formula is C14H20O3. The second-order valence-electron chi connectivity index (χ2n) is 4.89. The molecule has 3 nitrogen and oxygen atoms in total. The molecule has 94 valence electrons. The first kappa shape index (κ1) is 12.6. The molecule has 0 radical (unpaired) electrons. The van der Waals surface area contributed by atoms with E-state index in [1.54, 1.807) is 0 Å². The van der Waals surface area contributed by atoms with Crippen LogP contribution >= 0.6 is 0 Å². The Hall–Kier alpha value is -0.900. The molecule has 0 atom stereocenters. The monoisotopic (exact) mass is 236 g/mol. The first-order valence-electron chi connectivity index (χ1n) is 6.05. The van der Waals surface area contributed by atoms with Gasteiger partial charge in [-0.1, -0.05) is 30.3 Å². The molecule has 1 heterocycles. The van der Waals surface area contributed by atoms with Gasteiger partial charge in [0.15, 0.2) is 5.79 Å². The van der Waals surface area contributed by atoms with Crippen molar-refractivity contribution in [3.05, 3.63) is 35.9 Å². The second-order valence-corrected chi connectivity index (χ2v) is 4.89. The standard InChI is InChI=1S/C14H20O3/c1-14(2)16-10-13(11-17-14)9-15-8-12-6-4-3-5-7-12/h3-7,13H,8-11H2,1-2H3. The summed E-state index contributed by atoms with van der Waals surface area (Å²) in [4.78, 5) is 0. The molecule has 1 saturated heterocycles. The molecule has 0 aromatic heterocycles. The van der Waals surface area contributed by atoms with Gasteiger partial charge in [-0.15, -0.1) is 0 Å². The molecular weight excluding hydrogens is 216 g/mol. The molecule has 1 aliphatic heterocycles. The van der Waals surface area contributed by atoms with Crippen molar-refractivity contribution in [3.8, 4) is 0 Å². The number of ether oxygens (including phenoxy) is 3. The maximum Gasteiger partial charge on any atom is 0.162 e. The third kappa shape index (κ3) is 4.11. The van der Waals surface area contributed by atoms with Crippen LogP contribution in [0, 0.1) is 5.92 Å². The van der Waals surface area contributed by atoms with E-state index in [1.807, 2.05) is 32.0 Å². The third-order valence-electron chi connectivity index (χ3n) is 2.80. The number of rotatable bonds is 4. The largest absolute Gasteiger partial charge is 0.376 e. The van der Waals surface area contributed by atoms with Crippen molar-refractivity contribution in [2.75, 3.05) is 19.8 Å². The fourth-order valence-corrected chi connectivity index (χ4v) is 1.74. The zero-order chi connectivity index (χ0) is 12.1. The quantitative estimate of drug-likeness (QED) is 0.804. The van der Waals surface area contributed by atoms with Crippen molar-refractivity contribution in [3.63, 3.8) is 0 Å². The molecule has 0 N–H and O–H groups in total. The fourth-order valence-electron chi connectivity index (χ4n) is 1.74. The highest BCUT2D eigenvalue weighted by molar-refractivity contribution is 5.13. The minimum atomic E-state index is -0.435. The Bertz CT molecular complexity index is 325. The lowest BCUT2D eigenvalue weighted by molar-refractivity contribution is -0.266. The average molecular weight is 236 g/mol. The van der Waals surface area contributed by atoms with Crippen LogP contribution in [0.25, 0.3) is 0 Å². The van der Waals surface area contributed by atoms with Crippen LogP contribution in [-0.4, -0.2) is 25.6 Å². The minimum Gasteiger partial charge on any atom is -0.376 e. The Kier molecular flexibility index (Phi) is 4.15. The first-order valence-corrected chi connectivity index (χ1v) is 6.05. The van der Waals surface area contributed by atoms with E-state index in [4.69, 9.17) is 14.2 Å². The predicted octanol–water partition coefficient (Wildman–Crippen LogP) is 2.60. The summed E-state index contributed by atoms with van der Waals surface area (Å²) < 4.78 is 16.8. The Balaban J connectivity index is 1.67. The van der Waals surface area contributed by atoms with Gasteiger partial charge in [0.25, 0.3) is 0 Å². The van der Waals surface area contributed by atoms with Crippen molar-refractivity contribution in [2.24, 2.45) is 5.92 Å². The highest BCUT2D eigenvalue weighted by atomic mass is 16.7. The first-order chi connectivity index (χ1) is 8.16. The normalized spacial score (nSPS) is 20.4. The van der Waals surface area contributed by atoms with Crippen LogP contribution in [0.4, 0.5) is 0 Å². The minimum absolute atomic E-state index is 0.340. The SMILES string of the molecule is CC1(C)OCC(COCc2ccccc2)CO1. The molecule has 3 heteroatoms. The topological polar surface area (TPSA) is 27.7 Å². The second kappa shape index (κ2) is 5.63. The van der Waals surface area contributed by atoms with Gasteiger partial charge in [-0.25, -0.2) is 0 Å². The molecule has 1 fully saturated rings. The smallest absolute Gasteiger partial charge is 0.162 e. The average Bonchev–Trinajstić information content (AvgIpc) is 2.33. The molecule has 17 heavy (non-hydrogen) atoms. The molecule has 0 spiro atoms. The van der Waals surface area contributed by atoms with Gasteiger partial charge in [0.1, 0.15) is 0 Å². The van der Waals surface area contributed by atoms with Gasteiger partial charge in [0.2, 0.25) is 0 Å². The summed E-state index contributed by atoms with van der Waals surface area (Å²) in [5.74, 6) is -0.0950. The van der Waals surface area contributed by atoms with E-state index < -0.39 is 5.79 Å². The molecule has 0 unspecified atom stereocenters. The van der Waals surface area contributed by atoms with Crippen molar-refractivity contribution >= 4 is 0 Å². The van der Waals surface area contributed by atoms with Gasteiger partial charge in [0.05, 0.1) is 26.4 Å². The predicted molar refractivity (Wildman–Crippen MR) is 65.6 cm³/mol. The van der Waals surface area contributed by atoms with E-state index in [2.05, 4.69) is 12.1 Å². The number of hydrogen-bond acceptors (Lipinski definition) is 3. The molecule has 2 rings (SSSR count). The van der Waals surface area contributed by atoms with E-state index in [9.17, 15) is 0 Å². The molecule has 1 aliphatic rings. The lowest BCUT2D eigenvalue weighted by atomic mass is 10.1. The fraction of sp³-hybridized carbons (Fsp3) is 0.571. The van der Waals surface area contributed by atoms with Gasteiger partial charge in [0, 0.05) is 5.92 Å². The Morgan fingerprint density at radius 2 is 1.82 bits per heavy atom. The summed E-state index contributed by atoms with van der Waals surface area (Å²) in [6.07, 6.45) is 0. The van der Waals surface area contributed by atoms with Crippen molar-refractivity contribution in [2.45, 2.75) is 26.2 Å². The van der Waals surface area contributed by atoms with E-state index in [0.717, 1.165) is 0 Å². The summed E-state index contributed by atoms with van der Waals surface area (Å²) in [6, 6.07) is 10.2. The highest BCUT2D eigenvalue weighted by Gasteiger charge is 2.28. The van der Waals surface area contributed by atoms with Crippen LogP contribution in [-0.2, 0) is 20.8 Å². The molecule has 0 amide bonds. The van der Waals surface area contributed by atoms with Gasteiger partial charge in [-0.2, -0.15) is 0 Å². The van der Waals surface area contributed by atoms with Crippen LogP contribution in [0.2, 0.25) is 0 Å². The maximum absolute atomic E-state index is 5.67. The van der Waals surface area contributed by atoms with Gasteiger partial charge in [-0.05, 0) is 19.4 Å². The summed E-state index contributed by atoms with van der Waals surface area (Å²) in [5, 5.41) is 0. The molecule has 1 aromatic rings. The Labute approximate surface area is 103 Å². The van der Waals surface area contributed by atoms with Crippen molar-refractivity contribution in [1.82, 2.24) is 0 Å². The molecule has 0 bridgehead atoms. The summed E-state index contributed by atoms with van der Waals surface area (Å²) in [6.45, 7) is 6.64. The van der Waals surface area contributed by atoms with Crippen LogP contribution in [0.5, 0.6) is 0 Å². The van der Waals surface area contributed by atoms with Crippen molar-refractivity contribution in [1.29, 1.82) is 0 Å². The zero-order valence-electron chi connectivity index (χ0n) is 10.5. The Morgan fingerprint density at radius 1 is 1.18 bits per heavy atom. The van der Waals surface area contributed by atoms with Crippen molar-refractivity contribution < 1.29 is 14.2 Å². The highest BCUT2D eigenvalue weighted by Crippen LogP contribution is 2.20. The van der Waals surface area contributed by atoms with E-state index in [0.29, 0.717) is 32.3 Å². The Morgan fingerprint density at radius 3 is 2.47 bits per heavy atom. The summed E-state index contributed by atoms with van der Waals surface area (Å²) in [7, 11) is 0. The summed E-state index contributed by atoms with van der Waals surface area (Å²) in [5.41, 5.74) is 1.20. The van der Waals surface area contributed by atoms with Crippen LogP contribution in [0.3, 0.4) is 0 Å². The molecule has 0 saturated carbocycles. The summed E-state index contributed by atoms with van der Waals surface area (Å²) >= 11 is 0. The van der Waals surface area contributed by atoms with Crippen LogP contribution in [0.1, 0.15) is 19.4 Å². The number of hydrogen-bond donors (Lipinski definition) is 0. The molecule has 1 aromatic carbocycles. The van der Waals surface area contributed by atoms with E-state index in [-0.39, 0.29) is 0 Å². The van der Waals surface area contributed by atoms with Gasteiger partial charge < -0.3 is 14.2 Å². The van der Waals surface area contributed by atoms with E-state index in [1.165, 1.54) is 5.56 Å². The lowest BCUT2D eigenvalue weighted by Crippen LogP contribution is -2.40. The molecule has 0 aliphatic carbocycles. The zero-order valence-corrected chi connectivity index (χ0v) is 10.5. The van der Waals surface area contributed by atoms with Crippen LogP contribution < -0.4 is 0 Å². The third-order valence-corrected chi connectivity index (χ3v) is 2.80.